The number of carbonyl (C=O) groups is 2. The molecule has 2 heterocycles. The van der Waals surface area contributed by atoms with Gasteiger partial charge in [-0.3, -0.25) is 0 Å². The molecule has 2 aliphatic heterocycles. The zero-order valence-corrected chi connectivity index (χ0v) is 18.6. The van der Waals surface area contributed by atoms with Gasteiger partial charge >= 0.3 is 11.9 Å². The molecule has 2 aromatic carbocycles. The van der Waals surface area contributed by atoms with Gasteiger partial charge in [0.25, 0.3) is 0 Å². The number of carboxylic acids is 1. The second-order valence-corrected chi connectivity index (χ2v) is 8.62. The summed E-state index contributed by atoms with van der Waals surface area (Å²) in [6, 6.07) is 16.0. The maximum Gasteiger partial charge on any atom is 0.339 e. The average Bonchev–Trinajstić information content (AvgIpc) is 3.01. The Labute approximate surface area is 193 Å². The number of nitrogens with zero attached hydrogens (tertiary/aromatic N) is 1. The van der Waals surface area contributed by atoms with Crippen LogP contribution in [-0.2, 0) is 20.7 Å². The number of phenolic OH excluding ortho intramolecular Hbond substituents is 1. The van der Waals surface area contributed by atoms with E-state index in [1.165, 1.54) is 25.0 Å². The molecular weight excluding hydrogens is 426 g/mol. The lowest BCUT2D eigenvalue weighted by molar-refractivity contribution is -0.162. The van der Waals surface area contributed by atoms with Crippen LogP contribution >= 0.6 is 0 Å². The summed E-state index contributed by atoms with van der Waals surface area (Å²) in [7, 11) is 2.15. The molecule has 2 aromatic rings. The van der Waals surface area contributed by atoms with Crippen LogP contribution < -0.4 is 0 Å². The zero-order valence-electron chi connectivity index (χ0n) is 18.6. The van der Waals surface area contributed by atoms with Gasteiger partial charge in [0.2, 0.25) is 0 Å². The monoisotopic (exact) mass is 457 g/mol. The molecule has 5 atom stereocenters. The molecule has 2 bridgehead atoms. The van der Waals surface area contributed by atoms with Gasteiger partial charge in [-0.1, -0.05) is 42.5 Å². The minimum Gasteiger partial charge on any atom is -0.508 e. The number of hydrogen-bond donors (Lipinski definition) is 4. The van der Waals surface area contributed by atoms with Crippen molar-refractivity contribution in [2.75, 3.05) is 7.05 Å². The van der Waals surface area contributed by atoms with Gasteiger partial charge in [0.1, 0.15) is 11.9 Å². The van der Waals surface area contributed by atoms with Crippen molar-refractivity contribution in [2.45, 2.75) is 62.5 Å². The van der Waals surface area contributed by atoms with Crippen molar-refractivity contribution in [1.29, 1.82) is 0 Å². The van der Waals surface area contributed by atoms with Crippen LogP contribution in [0.4, 0.5) is 0 Å². The maximum atomic E-state index is 12.0. The Morgan fingerprint density at radius 1 is 1.00 bits per heavy atom. The van der Waals surface area contributed by atoms with Crippen molar-refractivity contribution in [2.24, 2.45) is 0 Å². The van der Waals surface area contributed by atoms with E-state index in [2.05, 4.69) is 11.9 Å². The average molecular weight is 458 g/mol. The summed E-state index contributed by atoms with van der Waals surface area (Å²) in [6.45, 7) is 0. The number of ether oxygens (including phenoxy) is 1. The first-order valence-corrected chi connectivity index (χ1v) is 11.1. The summed E-state index contributed by atoms with van der Waals surface area (Å²) in [5, 5.41) is 36.3. The fraction of sp³-hybridized carbons (Fsp3) is 0.440. The second kappa shape index (κ2) is 11.3. The molecule has 4 rings (SSSR count). The zero-order chi connectivity index (χ0) is 24.0. The standard InChI is InChI=1S/C16H21NO3.C9H10O4/c1-17-12-7-8-13(17)10-14(9-12)20-16(19)15(18)11-5-3-2-4-6-11;10-7-3-1-6(2-4-7)5-8(11)9(12)13/h2-6,12-15,18H,7-10H2,1H3;1-4,8,10-11H,5H2,(H,12,13)/t12-,13+,14+,15?;. The fourth-order valence-electron chi connectivity index (χ4n) is 4.40. The topological polar surface area (TPSA) is 128 Å². The molecule has 0 spiro atoms. The lowest BCUT2D eigenvalue weighted by atomic mass is 10.0. The van der Waals surface area contributed by atoms with Gasteiger partial charge < -0.3 is 30.1 Å². The van der Waals surface area contributed by atoms with Crippen LogP contribution in [0.3, 0.4) is 0 Å². The molecule has 33 heavy (non-hydrogen) atoms. The van der Waals surface area contributed by atoms with Gasteiger partial charge in [-0.25, -0.2) is 9.59 Å². The van der Waals surface area contributed by atoms with Crippen LogP contribution in [-0.4, -0.2) is 68.6 Å². The third kappa shape index (κ3) is 6.77. The van der Waals surface area contributed by atoms with Gasteiger partial charge in [-0.05, 0) is 56.0 Å². The van der Waals surface area contributed by atoms with Gasteiger partial charge in [0.05, 0.1) is 0 Å². The highest BCUT2D eigenvalue weighted by Gasteiger charge is 2.40. The van der Waals surface area contributed by atoms with Gasteiger partial charge in [-0.15, -0.1) is 0 Å². The molecule has 8 heteroatoms. The summed E-state index contributed by atoms with van der Waals surface area (Å²) < 4.78 is 5.52. The van der Waals surface area contributed by atoms with E-state index >= 15 is 0 Å². The Morgan fingerprint density at radius 2 is 1.58 bits per heavy atom. The predicted molar refractivity (Wildman–Crippen MR) is 121 cm³/mol. The van der Waals surface area contributed by atoms with Crippen LogP contribution in [0.25, 0.3) is 0 Å². The number of piperidine rings is 1. The number of esters is 1. The Kier molecular flexibility index (Phi) is 8.43. The number of aliphatic hydroxyl groups excluding tert-OH is 2. The molecule has 4 N–H and O–H groups in total. The van der Waals surface area contributed by atoms with Crippen LogP contribution in [0, 0.1) is 0 Å². The molecule has 2 fully saturated rings. The van der Waals surface area contributed by atoms with Crippen LogP contribution in [0.1, 0.15) is 42.9 Å². The molecule has 2 aliphatic rings. The Hall–Kier alpha value is -2.94. The minimum absolute atomic E-state index is 0.0467. The number of carbonyl (C=O) groups excluding carboxylic acids is 1. The first-order valence-electron chi connectivity index (χ1n) is 11.1. The number of rotatable bonds is 6. The summed E-state index contributed by atoms with van der Waals surface area (Å²) >= 11 is 0. The number of carboxylic acid groups (broad SMARTS) is 1. The van der Waals surface area contributed by atoms with E-state index in [0.29, 0.717) is 23.2 Å². The molecule has 0 aromatic heterocycles. The fourth-order valence-corrected chi connectivity index (χ4v) is 4.40. The number of aliphatic carboxylic acids is 1. The van der Waals surface area contributed by atoms with E-state index < -0.39 is 24.1 Å². The van der Waals surface area contributed by atoms with Crippen LogP contribution in [0.2, 0.25) is 0 Å². The molecule has 2 unspecified atom stereocenters. The SMILES string of the molecule is CN1[C@@H]2CC[C@H]1C[C@@H](OC(=O)C(O)c1ccccc1)C2.O=C(O)C(O)Cc1ccc(O)cc1. The van der Waals surface area contributed by atoms with E-state index in [1.807, 2.05) is 18.2 Å². The first kappa shape index (κ1) is 24.7. The summed E-state index contributed by atoms with van der Waals surface area (Å²) in [6.07, 6.45) is 1.61. The Balaban J connectivity index is 0.000000205. The molecule has 8 nitrogen and oxygen atoms in total. The number of phenols is 1. The lowest BCUT2D eigenvalue weighted by Crippen LogP contribution is -2.43. The lowest BCUT2D eigenvalue weighted by Gasteiger charge is -2.36. The molecule has 0 aliphatic carbocycles. The molecule has 0 amide bonds. The largest absolute Gasteiger partial charge is 0.508 e. The molecule has 178 valence electrons. The second-order valence-electron chi connectivity index (χ2n) is 8.62. The number of fused-ring (bicyclic) bond motifs is 2. The van der Waals surface area contributed by atoms with Gasteiger partial charge in [0, 0.05) is 18.5 Å². The minimum atomic E-state index is -1.38. The highest BCUT2D eigenvalue weighted by Crippen LogP contribution is 2.35. The number of benzene rings is 2. The van der Waals surface area contributed by atoms with Crippen molar-refractivity contribution in [1.82, 2.24) is 4.90 Å². The summed E-state index contributed by atoms with van der Waals surface area (Å²) in [5.74, 6) is -1.65. The highest BCUT2D eigenvalue weighted by molar-refractivity contribution is 5.76. The van der Waals surface area contributed by atoms with E-state index in [9.17, 15) is 14.7 Å². The number of hydrogen-bond acceptors (Lipinski definition) is 7. The van der Waals surface area contributed by atoms with E-state index in [4.69, 9.17) is 20.1 Å². The first-order chi connectivity index (χ1) is 15.7. The third-order valence-corrected chi connectivity index (χ3v) is 6.33. The van der Waals surface area contributed by atoms with Gasteiger partial charge in [0.15, 0.2) is 12.2 Å². The maximum absolute atomic E-state index is 12.0. The summed E-state index contributed by atoms with van der Waals surface area (Å²) in [4.78, 5) is 24.7. The quantitative estimate of drug-likeness (QED) is 0.487. The molecule has 2 saturated heterocycles. The third-order valence-electron chi connectivity index (χ3n) is 6.33. The van der Waals surface area contributed by atoms with Crippen molar-refractivity contribution >= 4 is 11.9 Å². The van der Waals surface area contributed by atoms with Crippen molar-refractivity contribution in [3.05, 3.63) is 65.7 Å². The van der Waals surface area contributed by atoms with E-state index in [-0.39, 0.29) is 18.3 Å². The molecule has 0 radical (unpaired) electrons. The summed E-state index contributed by atoms with van der Waals surface area (Å²) in [5.41, 5.74) is 1.26. The highest BCUT2D eigenvalue weighted by atomic mass is 16.6. The Bertz CT molecular complexity index is 904. The van der Waals surface area contributed by atoms with E-state index in [0.717, 1.165) is 12.8 Å². The predicted octanol–water partition coefficient (Wildman–Crippen LogP) is 2.27. The number of aliphatic hydroxyl groups is 2. The van der Waals surface area contributed by atoms with Crippen molar-refractivity contribution < 1.29 is 34.8 Å². The van der Waals surface area contributed by atoms with Crippen LogP contribution in [0.5, 0.6) is 5.75 Å². The van der Waals surface area contributed by atoms with Crippen molar-refractivity contribution in [3.8, 4) is 5.75 Å². The molecular formula is C25H31NO7. The van der Waals surface area contributed by atoms with Crippen LogP contribution in [0.15, 0.2) is 54.6 Å². The van der Waals surface area contributed by atoms with Gasteiger partial charge in [-0.2, -0.15) is 0 Å². The normalized spacial score (nSPS) is 23.7. The smallest absolute Gasteiger partial charge is 0.339 e. The molecule has 0 saturated carbocycles. The van der Waals surface area contributed by atoms with E-state index in [1.54, 1.807) is 24.3 Å². The Morgan fingerprint density at radius 3 is 2.12 bits per heavy atom. The number of aromatic hydroxyl groups is 1. The van der Waals surface area contributed by atoms with Crippen molar-refractivity contribution in [3.63, 3.8) is 0 Å².